The molecule has 1 unspecified atom stereocenters. The van der Waals surface area contributed by atoms with E-state index >= 15 is 0 Å². The van der Waals surface area contributed by atoms with Gasteiger partial charge in [0.2, 0.25) is 6.42 Å². The molecule has 28 heteroatoms. The van der Waals surface area contributed by atoms with Crippen molar-refractivity contribution in [3.05, 3.63) is 91.0 Å². The van der Waals surface area contributed by atoms with Crippen LogP contribution in [0.5, 0.6) is 0 Å². The Hall–Kier alpha value is -5.44. The molecule has 1 N–H and O–H groups in total. The van der Waals surface area contributed by atoms with Gasteiger partial charge in [-0.2, -0.15) is 0 Å². The van der Waals surface area contributed by atoms with Gasteiger partial charge in [-0.05, 0) is 0 Å². The molecule has 0 bridgehead atoms. The lowest BCUT2D eigenvalue weighted by Crippen LogP contribution is -2.99. The van der Waals surface area contributed by atoms with Gasteiger partial charge in [-0.15, -0.1) is 0 Å². The standard InChI is InChI=1S/C6H3N9O19/c16-3(9(21)22)1-2(7(17)18,8(19)20)4(10(23)24,11(25)26)6(14(31)32,15(33)34)5(3,12(27)28)13(29)30/h16H,1H2. The van der Waals surface area contributed by atoms with Crippen molar-refractivity contribution in [3.63, 3.8) is 0 Å². The quantitative estimate of drug-likeness (QED) is 0.179. The summed E-state index contributed by atoms with van der Waals surface area (Å²) in [4.78, 5) is 77.4. The number of nitro groups is 9. The summed E-state index contributed by atoms with van der Waals surface area (Å²) in [6.45, 7) is 0. The van der Waals surface area contributed by atoms with Crippen molar-refractivity contribution in [2.45, 2.75) is 34.8 Å². The zero-order valence-corrected chi connectivity index (χ0v) is 15.0. The van der Waals surface area contributed by atoms with Crippen LogP contribution < -0.4 is 0 Å². The van der Waals surface area contributed by atoms with Crippen LogP contribution >= 0.6 is 0 Å². The summed E-state index contributed by atoms with van der Waals surface area (Å²) in [6, 6.07) is 0. The van der Waals surface area contributed by atoms with Crippen molar-refractivity contribution in [1.29, 1.82) is 0 Å². The molecule has 0 aliphatic heterocycles. The van der Waals surface area contributed by atoms with Crippen molar-refractivity contribution in [2.24, 2.45) is 0 Å². The molecule has 1 atom stereocenters. The molecule has 0 amide bonds. The fourth-order valence-electron chi connectivity index (χ4n) is 3.84. The first kappa shape index (κ1) is 26.6. The van der Waals surface area contributed by atoms with Crippen molar-refractivity contribution in [2.75, 3.05) is 0 Å². The van der Waals surface area contributed by atoms with Crippen LogP contribution in [0.25, 0.3) is 0 Å². The van der Waals surface area contributed by atoms with E-state index in [1.165, 1.54) is 0 Å². The number of hydrogen-bond acceptors (Lipinski definition) is 19. The summed E-state index contributed by atoms with van der Waals surface area (Å²) in [6.07, 6.45) is -3.57. The van der Waals surface area contributed by atoms with Gasteiger partial charge in [0.15, 0.2) is 0 Å². The number of nitrogens with zero attached hydrogens (tertiary/aromatic N) is 9. The molecule has 0 heterocycles. The summed E-state index contributed by atoms with van der Waals surface area (Å²) in [5.74, 6) is 0. The number of hydrogen-bond donors (Lipinski definition) is 1. The molecule has 1 aliphatic rings. The average molecular weight is 505 g/mol. The highest BCUT2D eigenvalue weighted by atomic mass is 16.8. The molecular weight excluding hydrogens is 502 g/mol. The largest absolute Gasteiger partial charge is 0.760 e. The topological polar surface area (TPSA) is 408 Å². The molecule has 34 heavy (non-hydrogen) atoms. The minimum absolute atomic E-state index is 2.81. The van der Waals surface area contributed by atoms with Gasteiger partial charge in [0.05, 0.1) is 4.92 Å². The van der Waals surface area contributed by atoms with Crippen LogP contribution in [0, 0.1) is 91.0 Å². The Kier molecular flexibility index (Phi) is 5.50. The van der Waals surface area contributed by atoms with E-state index in [-0.39, 0.29) is 0 Å². The molecule has 1 saturated carbocycles. The monoisotopic (exact) mass is 505 g/mol. The van der Waals surface area contributed by atoms with Gasteiger partial charge in [-0.3, -0.25) is 91.0 Å². The average Bonchev–Trinajstić information content (AvgIpc) is 2.64. The number of rotatable bonds is 9. The summed E-state index contributed by atoms with van der Waals surface area (Å²) >= 11 is 0. The predicted molar refractivity (Wildman–Crippen MR) is 83.4 cm³/mol. The normalized spacial score (nSPS) is 23.6. The van der Waals surface area contributed by atoms with Gasteiger partial charge in [0, 0.05) is 0 Å². The van der Waals surface area contributed by atoms with Gasteiger partial charge in [0.25, 0.3) is 0 Å². The minimum Gasteiger partial charge on any atom is -0.318 e. The first-order valence-corrected chi connectivity index (χ1v) is 7.23. The lowest BCUT2D eigenvalue weighted by Gasteiger charge is -2.36. The molecule has 28 nitrogen and oxygen atoms in total. The van der Waals surface area contributed by atoms with Crippen LogP contribution in [0.1, 0.15) is 6.42 Å². The fraction of sp³-hybridized carbons (Fsp3) is 1.00. The third-order valence-corrected chi connectivity index (χ3v) is 5.07. The van der Waals surface area contributed by atoms with Crippen molar-refractivity contribution < 1.29 is 49.4 Å². The van der Waals surface area contributed by atoms with Crippen LogP contribution in [0.15, 0.2) is 0 Å². The Labute approximate surface area is 176 Å². The summed E-state index contributed by atoms with van der Waals surface area (Å²) < 4.78 is 0. The molecule has 1 aliphatic carbocycles. The first-order valence-electron chi connectivity index (χ1n) is 7.23. The lowest BCUT2D eigenvalue weighted by atomic mass is 9.61. The van der Waals surface area contributed by atoms with E-state index in [2.05, 4.69) is 0 Å². The molecule has 0 aromatic heterocycles. The molecule has 0 aromatic rings. The summed E-state index contributed by atoms with van der Waals surface area (Å²) in [5, 5.41) is 115. The molecule has 0 aromatic carbocycles. The maximum absolute atomic E-state index is 11.8. The summed E-state index contributed by atoms with van der Waals surface area (Å²) in [7, 11) is 0. The Morgan fingerprint density at radius 3 is 0.853 bits per heavy atom. The maximum Gasteiger partial charge on any atom is 0.760 e. The Bertz CT molecular complexity index is 1040. The van der Waals surface area contributed by atoms with E-state index in [0.29, 0.717) is 0 Å². The fourth-order valence-corrected chi connectivity index (χ4v) is 3.84. The van der Waals surface area contributed by atoms with Crippen LogP contribution in [0.4, 0.5) is 0 Å². The van der Waals surface area contributed by atoms with Gasteiger partial charge in [-0.1, -0.05) is 0 Å². The zero-order chi connectivity index (χ0) is 27.4. The van der Waals surface area contributed by atoms with Crippen LogP contribution in [0.2, 0.25) is 0 Å². The second-order valence-corrected chi connectivity index (χ2v) is 6.14. The molecule has 0 spiro atoms. The van der Waals surface area contributed by atoms with E-state index in [4.69, 9.17) is 0 Å². The summed E-state index contributed by atoms with van der Waals surface area (Å²) in [5.41, 5.74) is -31.2. The Morgan fingerprint density at radius 2 is 0.676 bits per heavy atom. The van der Waals surface area contributed by atoms with Crippen molar-refractivity contribution >= 4 is 0 Å². The van der Waals surface area contributed by atoms with E-state index in [1.54, 1.807) is 0 Å². The molecule has 1 rings (SSSR count). The van der Waals surface area contributed by atoms with Crippen molar-refractivity contribution in [3.8, 4) is 0 Å². The van der Waals surface area contributed by atoms with E-state index < -0.39 is 79.1 Å². The van der Waals surface area contributed by atoms with Gasteiger partial charge in [-0.25, -0.2) is 0 Å². The molecule has 1 fully saturated rings. The number of aliphatic hydroxyl groups is 1. The minimum atomic E-state index is -6.72. The van der Waals surface area contributed by atoms with Crippen molar-refractivity contribution in [1.82, 2.24) is 0 Å². The second-order valence-electron chi connectivity index (χ2n) is 6.14. The predicted octanol–water partition coefficient (Wildman–Crippen LogP) is -3.65. The molecule has 186 valence electrons. The van der Waals surface area contributed by atoms with Gasteiger partial charge >= 0.3 is 28.4 Å². The highest BCUT2D eigenvalue weighted by molar-refractivity contribution is 5.15. The molecular formula is C6H3N9O19. The van der Waals surface area contributed by atoms with E-state index in [0.717, 1.165) is 0 Å². The third-order valence-electron chi connectivity index (χ3n) is 5.07. The van der Waals surface area contributed by atoms with Crippen LogP contribution in [-0.2, 0) is 0 Å². The highest BCUT2D eigenvalue weighted by Crippen LogP contribution is 2.59. The lowest BCUT2D eigenvalue weighted by molar-refractivity contribution is -1.07. The van der Waals surface area contributed by atoms with E-state index in [1.807, 2.05) is 0 Å². The zero-order valence-electron chi connectivity index (χ0n) is 15.0. The Balaban J connectivity index is 5.13. The highest BCUT2D eigenvalue weighted by Gasteiger charge is 3.30. The second kappa shape index (κ2) is 7.04. The third kappa shape index (κ3) is 2.12. The van der Waals surface area contributed by atoms with Crippen LogP contribution in [0.3, 0.4) is 0 Å². The maximum atomic E-state index is 11.8. The van der Waals surface area contributed by atoms with Gasteiger partial charge in [0.1, 0.15) is 39.4 Å². The van der Waals surface area contributed by atoms with Crippen LogP contribution in [-0.4, -0.2) is 77.8 Å². The molecule has 0 radical (unpaired) electrons. The molecule has 0 saturated heterocycles. The first-order chi connectivity index (χ1) is 15.2. The SMILES string of the molecule is O=[N+]([O-])C1(O)CC([N+](=O)[O-])([N+](=O)[O-])C([N+](=O)[O-])([N+](=O)[O-])C([N+](=O)[O-])([N+](=O)[O-])C1([N+](=O)[O-])[N+](=O)[O-]. The van der Waals surface area contributed by atoms with Gasteiger partial charge < -0.3 is 5.11 Å². The van der Waals surface area contributed by atoms with E-state index in [9.17, 15) is 96.1 Å². The smallest absolute Gasteiger partial charge is 0.318 e. The Morgan fingerprint density at radius 1 is 0.412 bits per heavy atom.